The van der Waals surface area contributed by atoms with Crippen LogP contribution in [0.3, 0.4) is 0 Å². The molecule has 0 atom stereocenters. The Balaban J connectivity index is 2.39. The predicted molar refractivity (Wildman–Crippen MR) is 79.4 cm³/mol. The number of nitrogens with zero attached hydrogens (tertiary/aromatic N) is 1. The van der Waals surface area contributed by atoms with Crippen molar-refractivity contribution in [2.45, 2.75) is 19.3 Å². The molecule has 0 aliphatic carbocycles. The normalized spacial score (nSPS) is 11.3. The molecule has 20 heavy (non-hydrogen) atoms. The summed E-state index contributed by atoms with van der Waals surface area (Å²) in [6.45, 7) is 3.61. The second-order valence-corrected chi connectivity index (χ2v) is 5.41. The van der Waals surface area contributed by atoms with Gasteiger partial charge in [-0.15, -0.1) is 0 Å². The summed E-state index contributed by atoms with van der Waals surface area (Å²) in [5.74, 6) is -0.460. The van der Waals surface area contributed by atoms with E-state index in [1.165, 1.54) is 12.3 Å². The molecule has 3 N–H and O–H groups in total. The third kappa shape index (κ3) is 3.33. The fourth-order valence-electron chi connectivity index (χ4n) is 1.73. The zero-order valence-electron chi connectivity index (χ0n) is 11.1. The molecular formula is C13H13BClN3O2. The average molecular weight is 290 g/mol. The van der Waals surface area contributed by atoms with Gasteiger partial charge in [-0.3, -0.25) is 0 Å². The smallest absolute Gasteiger partial charge is 0.352 e. The number of hydrogen-bond acceptors (Lipinski definition) is 3. The number of aromatic nitrogens is 2. The van der Waals surface area contributed by atoms with Crippen molar-refractivity contribution in [3.8, 4) is 11.1 Å². The zero-order chi connectivity index (χ0) is 14.9. The van der Waals surface area contributed by atoms with Gasteiger partial charge in [0.15, 0.2) is 0 Å². The molecule has 102 valence electrons. The highest BCUT2D eigenvalue weighted by molar-refractivity contribution is 6.33. The Bertz CT molecular complexity index is 649. The summed E-state index contributed by atoms with van der Waals surface area (Å²) >= 11 is 6.11. The number of rotatable bonds is 4. The van der Waals surface area contributed by atoms with Gasteiger partial charge in [-0.25, -0.2) is 9.78 Å². The Labute approximate surface area is 122 Å². The fraction of sp³-hybridized carbons (Fsp3) is 0.231. The number of aromatic carboxylic acids is 1. The van der Waals surface area contributed by atoms with Gasteiger partial charge in [0.2, 0.25) is 0 Å². The molecule has 2 radical (unpaired) electrons. The number of aromatic amines is 1. The largest absolute Gasteiger partial charge is 0.477 e. The second kappa shape index (κ2) is 5.21. The molecule has 5 nitrogen and oxygen atoms in total. The van der Waals surface area contributed by atoms with Gasteiger partial charge in [0.1, 0.15) is 19.4 Å². The summed E-state index contributed by atoms with van der Waals surface area (Å²) in [6.07, 6.45) is 3.08. The van der Waals surface area contributed by atoms with E-state index in [1.54, 1.807) is 12.3 Å². The Morgan fingerprint density at radius 3 is 2.75 bits per heavy atom. The molecule has 0 fully saturated rings. The van der Waals surface area contributed by atoms with E-state index in [2.05, 4.69) is 15.3 Å². The van der Waals surface area contributed by atoms with Crippen molar-refractivity contribution >= 4 is 31.2 Å². The third-order valence-corrected chi connectivity index (χ3v) is 2.83. The first-order chi connectivity index (χ1) is 9.26. The van der Waals surface area contributed by atoms with Gasteiger partial charge in [-0.1, -0.05) is 25.4 Å². The highest BCUT2D eigenvalue weighted by Gasteiger charge is 2.14. The molecule has 7 heteroatoms. The van der Waals surface area contributed by atoms with Gasteiger partial charge in [-0.2, -0.15) is 0 Å². The maximum Gasteiger partial charge on any atom is 0.352 e. The van der Waals surface area contributed by atoms with Crippen LogP contribution in [-0.2, 0) is 0 Å². The fourth-order valence-corrected chi connectivity index (χ4v) is 1.94. The topological polar surface area (TPSA) is 78.0 Å². The number of anilines is 1. The molecule has 0 aromatic carbocycles. The molecule has 0 saturated heterocycles. The van der Waals surface area contributed by atoms with E-state index in [-0.39, 0.29) is 5.69 Å². The Hall–Kier alpha value is -1.95. The molecule has 0 aliphatic heterocycles. The van der Waals surface area contributed by atoms with E-state index in [0.717, 1.165) is 0 Å². The van der Waals surface area contributed by atoms with Gasteiger partial charge in [0.25, 0.3) is 0 Å². The van der Waals surface area contributed by atoms with Crippen LogP contribution >= 0.6 is 11.6 Å². The van der Waals surface area contributed by atoms with E-state index in [1.807, 2.05) is 13.8 Å². The highest BCUT2D eigenvalue weighted by Crippen LogP contribution is 2.30. The molecule has 2 heterocycles. The van der Waals surface area contributed by atoms with E-state index < -0.39 is 11.4 Å². The minimum absolute atomic E-state index is 0.0987. The molecule has 2 aromatic rings. The summed E-state index contributed by atoms with van der Waals surface area (Å²) in [7, 11) is 5.87. The number of carbonyl (C=O) groups is 1. The Morgan fingerprint density at radius 1 is 1.50 bits per heavy atom. The van der Waals surface area contributed by atoms with Crippen LogP contribution in [0.15, 0.2) is 24.5 Å². The third-order valence-electron chi connectivity index (χ3n) is 2.53. The lowest BCUT2D eigenvalue weighted by Crippen LogP contribution is -2.31. The number of nitrogens with one attached hydrogen (secondary N) is 2. The Kier molecular flexibility index (Phi) is 3.77. The van der Waals surface area contributed by atoms with Crippen LogP contribution in [0.2, 0.25) is 5.02 Å². The maximum absolute atomic E-state index is 10.9. The zero-order valence-corrected chi connectivity index (χ0v) is 11.8. The molecule has 2 aromatic heterocycles. The van der Waals surface area contributed by atoms with Crippen LogP contribution in [0.4, 0.5) is 5.82 Å². The second-order valence-electron chi connectivity index (χ2n) is 5.00. The van der Waals surface area contributed by atoms with Crippen molar-refractivity contribution in [3.63, 3.8) is 0 Å². The minimum atomic E-state index is -1.03. The SMILES string of the molecule is [B]C(C)(C)Nc1cc(-c2c[nH]c(C(=O)O)c2)c(Cl)cn1. The van der Waals surface area contributed by atoms with Crippen molar-refractivity contribution in [1.82, 2.24) is 9.97 Å². The first-order valence-electron chi connectivity index (χ1n) is 5.91. The lowest BCUT2D eigenvalue weighted by molar-refractivity contribution is 0.0691. The molecule has 0 bridgehead atoms. The van der Waals surface area contributed by atoms with Gasteiger partial charge < -0.3 is 15.4 Å². The Morgan fingerprint density at radius 2 is 2.20 bits per heavy atom. The lowest BCUT2D eigenvalue weighted by Gasteiger charge is -2.22. The predicted octanol–water partition coefficient (Wildman–Crippen LogP) is 2.74. The summed E-state index contributed by atoms with van der Waals surface area (Å²) in [4.78, 5) is 17.7. The number of hydrogen-bond donors (Lipinski definition) is 3. The molecule has 0 amide bonds. The summed E-state index contributed by atoms with van der Waals surface area (Å²) in [6, 6.07) is 3.24. The first kappa shape index (κ1) is 14.5. The van der Waals surface area contributed by atoms with Gasteiger partial charge in [0, 0.05) is 23.5 Å². The number of pyridine rings is 1. The maximum atomic E-state index is 10.9. The van der Waals surface area contributed by atoms with Crippen molar-refractivity contribution in [1.29, 1.82) is 0 Å². The van der Waals surface area contributed by atoms with Gasteiger partial charge >= 0.3 is 5.97 Å². The van der Waals surface area contributed by atoms with Crippen molar-refractivity contribution < 1.29 is 9.90 Å². The summed E-state index contributed by atoms with van der Waals surface area (Å²) in [5.41, 5.74) is 0.828. The van der Waals surface area contributed by atoms with Crippen LogP contribution in [0.5, 0.6) is 0 Å². The van der Waals surface area contributed by atoms with Crippen LogP contribution in [0, 0.1) is 0 Å². The molecule has 2 rings (SSSR count). The van der Waals surface area contributed by atoms with Gasteiger partial charge in [-0.05, 0) is 17.6 Å². The van der Waals surface area contributed by atoms with E-state index in [0.29, 0.717) is 22.0 Å². The molecule has 0 aliphatic rings. The number of carboxylic acid groups (broad SMARTS) is 1. The first-order valence-corrected chi connectivity index (χ1v) is 6.29. The monoisotopic (exact) mass is 289 g/mol. The van der Waals surface area contributed by atoms with Crippen LogP contribution < -0.4 is 5.32 Å². The summed E-state index contributed by atoms with van der Waals surface area (Å²) < 4.78 is 0. The van der Waals surface area contributed by atoms with Crippen molar-refractivity contribution in [2.75, 3.05) is 5.32 Å². The highest BCUT2D eigenvalue weighted by atomic mass is 35.5. The minimum Gasteiger partial charge on any atom is -0.477 e. The quantitative estimate of drug-likeness (QED) is 0.756. The van der Waals surface area contributed by atoms with Gasteiger partial charge in [0.05, 0.1) is 5.02 Å². The average Bonchev–Trinajstić information content (AvgIpc) is 2.79. The van der Waals surface area contributed by atoms with Crippen LogP contribution in [0.25, 0.3) is 11.1 Å². The van der Waals surface area contributed by atoms with E-state index in [9.17, 15) is 4.79 Å². The summed E-state index contributed by atoms with van der Waals surface area (Å²) in [5, 5.41) is 12.4. The van der Waals surface area contributed by atoms with Crippen molar-refractivity contribution in [2.24, 2.45) is 0 Å². The van der Waals surface area contributed by atoms with E-state index in [4.69, 9.17) is 24.6 Å². The number of H-pyrrole nitrogens is 1. The van der Waals surface area contributed by atoms with Crippen LogP contribution in [0.1, 0.15) is 24.3 Å². The van der Waals surface area contributed by atoms with Crippen molar-refractivity contribution in [3.05, 3.63) is 35.2 Å². The molecule has 0 saturated carbocycles. The molecular weight excluding hydrogens is 276 g/mol. The number of carboxylic acids is 1. The van der Waals surface area contributed by atoms with E-state index >= 15 is 0 Å². The van der Waals surface area contributed by atoms with Crippen LogP contribution in [-0.4, -0.2) is 34.3 Å². The molecule has 0 spiro atoms. The number of halogens is 1. The standard InChI is InChI=1S/C13H13BClN3O2/c1-13(2,14)18-11-4-8(9(15)6-17-11)7-3-10(12(19)20)16-5-7/h3-6,16H,1-2H3,(H,17,18)(H,19,20). The molecule has 0 unspecified atom stereocenters. The lowest BCUT2D eigenvalue weighted by atomic mass is 9.82.